The molecule has 0 bridgehead atoms. The van der Waals surface area contributed by atoms with Crippen molar-refractivity contribution in [2.24, 2.45) is 0 Å². The molecule has 0 saturated carbocycles. The van der Waals surface area contributed by atoms with Gasteiger partial charge in [-0.1, -0.05) is 36.8 Å². The summed E-state index contributed by atoms with van der Waals surface area (Å²) in [5, 5.41) is 2.86. The molecule has 0 unspecified atom stereocenters. The monoisotopic (exact) mass is 424 g/mol. The van der Waals surface area contributed by atoms with Gasteiger partial charge in [0, 0.05) is 17.0 Å². The third kappa shape index (κ3) is 5.39. The number of carbonyl (C=O) groups excluding carboxylic acids is 1. The minimum absolute atomic E-state index is 0.0351. The predicted octanol–water partition coefficient (Wildman–Crippen LogP) is 5.48. The Kier molecular flexibility index (Phi) is 7.46. The summed E-state index contributed by atoms with van der Waals surface area (Å²) in [6, 6.07) is 15.4. The first-order valence-corrected chi connectivity index (χ1v) is 11.0. The van der Waals surface area contributed by atoms with E-state index in [1.807, 2.05) is 65.7 Å². The maximum Gasteiger partial charge on any atom is 0.254 e. The van der Waals surface area contributed by atoms with Gasteiger partial charge < -0.3 is 14.4 Å². The van der Waals surface area contributed by atoms with Crippen LogP contribution in [-0.2, 0) is 13.2 Å². The van der Waals surface area contributed by atoms with Gasteiger partial charge in [0.2, 0.25) is 0 Å². The Morgan fingerprint density at radius 2 is 1.93 bits per heavy atom. The van der Waals surface area contributed by atoms with Crippen molar-refractivity contribution in [2.45, 2.75) is 46.4 Å². The van der Waals surface area contributed by atoms with Crippen LogP contribution in [0.2, 0.25) is 0 Å². The molecular formula is C24H28N2O3S. The van der Waals surface area contributed by atoms with Crippen LogP contribution in [0.3, 0.4) is 0 Å². The number of methoxy groups -OCH3 is 1. The van der Waals surface area contributed by atoms with Crippen molar-refractivity contribution >= 4 is 17.2 Å². The van der Waals surface area contributed by atoms with E-state index in [1.165, 1.54) is 11.3 Å². The number of para-hydroxylation sites is 2. The second kappa shape index (κ2) is 10.3. The summed E-state index contributed by atoms with van der Waals surface area (Å²) < 4.78 is 11.2. The molecule has 158 valence electrons. The molecule has 2 aromatic carbocycles. The number of aromatic nitrogens is 1. The van der Waals surface area contributed by atoms with Gasteiger partial charge in [0.25, 0.3) is 5.91 Å². The molecule has 1 atom stereocenters. The fourth-order valence-corrected chi connectivity index (χ4v) is 3.83. The van der Waals surface area contributed by atoms with Gasteiger partial charge in [-0.15, -0.1) is 11.3 Å². The molecule has 1 aromatic heterocycles. The first-order chi connectivity index (χ1) is 14.5. The van der Waals surface area contributed by atoms with Crippen molar-refractivity contribution in [2.75, 3.05) is 7.11 Å². The van der Waals surface area contributed by atoms with E-state index in [0.29, 0.717) is 30.2 Å². The number of amides is 1. The lowest BCUT2D eigenvalue weighted by Gasteiger charge is -2.28. The summed E-state index contributed by atoms with van der Waals surface area (Å²) in [4.78, 5) is 19.7. The van der Waals surface area contributed by atoms with Crippen molar-refractivity contribution in [1.29, 1.82) is 0 Å². The third-order valence-electron chi connectivity index (χ3n) is 5.00. The minimum Gasteiger partial charge on any atom is -0.493 e. The summed E-state index contributed by atoms with van der Waals surface area (Å²) in [6.45, 7) is 7.01. The van der Waals surface area contributed by atoms with Crippen LogP contribution in [0.25, 0.3) is 0 Å². The molecule has 30 heavy (non-hydrogen) atoms. The van der Waals surface area contributed by atoms with Gasteiger partial charge in [-0.2, -0.15) is 0 Å². The SMILES string of the molecule is CC[C@@H](C)N(Cc1csc(COc2ccccc2OC)n1)C(=O)c1cccc(C)c1. The Morgan fingerprint density at radius 3 is 2.63 bits per heavy atom. The first kappa shape index (κ1) is 21.8. The summed E-state index contributed by atoms with van der Waals surface area (Å²) in [7, 11) is 1.62. The number of hydrogen-bond donors (Lipinski definition) is 0. The number of ether oxygens (including phenoxy) is 2. The van der Waals surface area contributed by atoms with Crippen LogP contribution in [-0.4, -0.2) is 28.9 Å². The maximum absolute atomic E-state index is 13.2. The van der Waals surface area contributed by atoms with E-state index in [9.17, 15) is 4.79 Å². The Hall–Kier alpha value is -2.86. The molecule has 1 amide bonds. The van der Waals surface area contributed by atoms with E-state index >= 15 is 0 Å². The van der Waals surface area contributed by atoms with Gasteiger partial charge in [0.05, 0.1) is 19.3 Å². The lowest BCUT2D eigenvalue weighted by atomic mass is 10.1. The molecule has 0 radical (unpaired) electrons. The van der Waals surface area contributed by atoms with Crippen molar-refractivity contribution in [3.05, 3.63) is 75.7 Å². The summed E-state index contributed by atoms with van der Waals surface area (Å²) in [5.41, 5.74) is 2.67. The molecule has 0 N–H and O–H groups in total. The number of nitrogens with zero attached hydrogens (tertiary/aromatic N) is 2. The van der Waals surface area contributed by atoms with Crippen LogP contribution in [0, 0.1) is 6.92 Å². The topological polar surface area (TPSA) is 51.7 Å². The van der Waals surface area contributed by atoms with E-state index in [0.717, 1.165) is 22.7 Å². The van der Waals surface area contributed by atoms with Crippen LogP contribution in [0.1, 0.15) is 46.9 Å². The zero-order valence-corrected chi connectivity index (χ0v) is 18.7. The highest BCUT2D eigenvalue weighted by molar-refractivity contribution is 7.09. The molecular weight excluding hydrogens is 396 g/mol. The van der Waals surface area contributed by atoms with Crippen molar-refractivity contribution in [3.8, 4) is 11.5 Å². The van der Waals surface area contributed by atoms with E-state index in [2.05, 4.69) is 18.8 Å². The minimum atomic E-state index is 0.0351. The highest BCUT2D eigenvalue weighted by atomic mass is 32.1. The lowest BCUT2D eigenvalue weighted by Crippen LogP contribution is -2.38. The summed E-state index contributed by atoms with van der Waals surface area (Å²) in [5.74, 6) is 1.42. The molecule has 3 rings (SSSR count). The van der Waals surface area contributed by atoms with E-state index in [4.69, 9.17) is 9.47 Å². The molecule has 0 fully saturated rings. The summed E-state index contributed by atoms with van der Waals surface area (Å²) >= 11 is 1.54. The average molecular weight is 425 g/mol. The second-order valence-corrected chi connectivity index (χ2v) is 8.17. The van der Waals surface area contributed by atoms with Crippen LogP contribution in [0.5, 0.6) is 11.5 Å². The number of hydrogen-bond acceptors (Lipinski definition) is 5. The van der Waals surface area contributed by atoms with Crippen LogP contribution >= 0.6 is 11.3 Å². The maximum atomic E-state index is 13.2. The van der Waals surface area contributed by atoms with E-state index < -0.39 is 0 Å². The fourth-order valence-electron chi connectivity index (χ4n) is 3.13. The predicted molar refractivity (Wildman–Crippen MR) is 120 cm³/mol. The zero-order valence-electron chi connectivity index (χ0n) is 17.9. The van der Waals surface area contributed by atoms with Gasteiger partial charge in [0.1, 0.15) is 11.6 Å². The summed E-state index contributed by atoms with van der Waals surface area (Å²) in [6.07, 6.45) is 0.880. The Labute approximate surface area is 182 Å². The smallest absolute Gasteiger partial charge is 0.254 e. The standard InChI is InChI=1S/C24H28N2O3S/c1-5-18(3)26(24(27)19-10-8-9-17(2)13-19)14-20-16-30-23(25-20)15-29-22-12-7-6-11-21(22)28-4/h6-13,16,18H,5,14-15H2,1-4H3/t18-/m1/s1. The molecule has 0 spiro atoms. The van der Waals surface area contributed by atoms with E-state index in [-0.39, 0.29) is 11.9 Å². The Bertz CT molecular complexity index is 986. The molecule has 0 aliphatic carbocycles. The highest BCUT2D eigenvalue weighted by Crippen LogP contribution is 2.27. The molecule has 0 aliphatic heterocycles. The van der Waals surface area contributed by atoms with E-state index in [1.54, 1.807) is 7.11 Å². The van der Waals surface area contributed by atoms with Gasteiger partial charge in [-0.25, -0.2) is 4.98 Å². The normalized spacial score (nSPS) is 11.7. The quantitative estimate of drug-likeness (QED) is 0.456. The molecule has 0 aliphatic rings. The Balaban J connectivity index is 1.70. The van der Waals surface area contributed by atoms with Crippen molar-refractivity contribution < 1.29 is 14.3 Å². The first-order valence-electron chi connectivity index (χ1n) is 10.1. The van der Waals surface area contributed by atoms with Gasteiger partial charge in [0.15, 0.2) is 11.5 Å². The lowest BCUT2D eigenvalue weighted by molar-refractivity contribution is 0.0669. The van der Waals surface area contributed by atoms with Crippen LogP contribution < -0.4 is 9.47 Å². The molecule has 0 saturated heterocycles. The highest BCUT2D eigenvalue weighted by Gasteiger charge is 2.22. The third-order valence-corrected chi connectivity index (χ3v) is 5.87. The molecule has 3 aromatic rings. The van der Waals surface area contributed by atoms with Crippen molar-refractivity contribution in [1.82, 2.24) is 9.88 Å². The van der Waals surface area contributed by atoms with Gasteiger partial charge in [-0.05, 0) is 44.5 Å². The largest absolute Gasteiger partial charge is 0.493 e. The fraction of sp³-hybridized carbons (Fsp3) is 0.333. The number of thiazole rings is 1. The Morgan fingerprint density at radius 1 is 1.17 bits per heavy atom. The second-order valence-electron chi connectivity index (χ2n) is 7.23. The van der Waals surface area contributed by atoms with Crippen molar-refractivity contribution in [3.63, 3.8) is 0 Å². The molecule has 1 heterocycles. The molecule has 5 nitrogen and oxygen atoms in total. The number of aryl methyl sites for hydroxylation is 1. The zero-order chi connectivity index (χ0) is 21.5. The average Bonchev–Trinajstić information content (AvgIpc) is 3.22. The van der Waals surface area contributed by atoms with Crippen LogP contribution in [0.4, 0.5) is 0 Å². The number of carbonyl (C=O) groups is 1. The number of benzene rings is 2. The van der Waals surface area contributed by atoms with Gasteiger partial charge >= 0.3 is 0 Å². The molecule has 6 heteroatoms. The van der Waals surface area contributed by atoms with Gasteiger partial charge in [-0.3, -0.25) is 4.79 Å². The number of rotatable bonds is 9. The van der Waals surface area contributed by atoms with Crippen LogP contribution in [0.15, 0.2) is 53.9 Å².